The number of aromatic nitrogens is 2. The molecule has 7 heteroatoms. The number of fused-ring (bicyclic) bond motifs is 1. The summed E-state index contributed by atoms with van der Waals surface area (Å²) in [5.41, 5.74) is 1.38. The number of benzene rings is 1. The molecule has 19 heavy (non-hydrogen) atoms. The van der Waals surface area contributed by atoms with Crippen LogP contribution in [0, 0.1) is 0 Å². The van der Waals surface area contributed by atoms with Crippen LogP contribution in [0.4, 0.5) is 4.79 Å². The van der Waals surface area contributed by atoms with Gasteiger partial charge in [-0.05, 0) is 12.1 Å². The van der Waals surface area contributed by atoms with Gasteiger partial charge in [-0.3, -0.25) is 19.5 Å². The highest BCUT2D eigenvalue weighted by Crippen LogP contribution is 2.13. The lowest BCUT2D eigenvalue weighted by Gasteiger charge is -2.07. The van der Waals surface area contributed by atoms with Gasteiger partial charge in [0.2, 0.25) is 5.91 Å². The van der Waals surface area contributed by atoms with Gasteiger partial charge in [-0.2, -0.15) is 0 Å². The molecule has 0 radical (unpaired) electrons. The van der Waals surface area contributed by atoms with Crippen molar-refractivity contribution in [2.45, 2.75) is 12.5 Å². The summed E-state index contributed by atoms with van der Waals surface area (Å²) in [4.78, 5) is 38.6. The first kappa shape index (κ1) is 11.4. The lowest BCUT2D eigenvalue weighted by molar-refractivity contribution is -0.120. The van der Waals surface area contributed by atoms with Gasteiger partial charge in [0.05, 0.1) is 17.5 Å². The number of hydrogen-bond donors (Lipinski definition) is 2. The van der Waals surface area contributed by atoms with E-state index in [2.05, 4.69) is 15.6 Å². The predicted molar refractivity (Wildman–Crippen MR) is 65.4 cm³/mol. The predicted octanol–water partition coefficient (Wildman–Crippen LogP) is 0.275. The Morgan fingerprint density at radius 1 is 1.32 bits per heavy atom. The molecule has 1 saturated heterocycles. The second kappa shape index (κ2) is 4.20. The number of carbonyl (C=O) groups is 3. The summed E-state index contributed by atoms with van der Waals surface area (Å²) < 4.78 is 1.38. The van der Waals surface area contributed by atoms with E-state index in [1.807, 2.05) is 6.07 Å². The fourth-order valence-corrected chi connectivity index (χ4v) is 2.03. The number of nitrogens with zero attached hydrogens (tertiary/aromatic N) is 2. The molecule has 7 nitrogen and oxygen atoms in total. The number of carbonyl (C=O) groups excluding carboxylic acids is 3. The second-order valence-electron chi connectivity index (χ2n) is 4.22. The number of urea groups is 1. The van der Waals surface area contributed by atoms with Crippen LogP contribution >= 0.6 is 0 Å². The monoisotopic (exact) mass is 258 g/mol. The minimum absolute atomic E-state index is 0.0993. The molecule has 1 aliphatic rings. The molecule has 3 rings (SSSR count). The molecule has 96 valence electrons. The van der Waals surface area contributed by atoms with Crippen molar-refractivity contribution in [3.63, 3.8) is 0 Å². The summed E-state index contributed by atoms with van der Waals surface area (Å²) in [7, 11) is 0. The molecular formula is C12H10N4O3. The van der Waals surface area contributed by atoms with Crippen LogP contribution in [0.1, 0.15) is 11.2 Å². The molecule has 2 N–H and O–H groups in total. The molecule has 0 spiro atoms. The average molecular weight is 258 g/mol. The van der Waals surface area contributed by atoms with Crippen LogP contribution in [0.5, 0.6) is 0 Å². The average Bonchev–Trinajstić information content (AvgIpc) is 2.93. The Hall–Kier alpha value is -2.70. The lowest BCUT2D eigenvalue weighted by atomic mass is 10.2. The van der Waals surface area contributed by atoms with Gasteiger partial charge in [-0.15, -0.1) is 0 Å². The third-order valence-electron chi connectivity index (χ3n) is 2.96. The summed E-state index contributed by atoms with van der Waals surface area (Å²) in [5.74, 6) is -0.779. The molecule has 1 atom stereocenters. The highest BCUT2D eigenvalue weighted by molar-refractivity contribution is 6.06. The molecule has 2 aromatic rings. The SMILES string of the molecule is O=C1NC(=O)[C@H](CC(=O)n2cnc3ccccc32)N1. The van der Waals surface area contributed by atoms with E-state index in [0.717, 1.165) is 0 Å². The minimum Gasteiger partial charge on any atom is -0.325 e. The highest BCUT2D eigenvalue weighted by Gasteiger charge is 2.31. The Balaban J connectivity index is 1.85. The lowest BCUT2D eigenvalue weighted by Crippen LogP contribution is -2.32. The van der Waals surface area contributed by atoms with E-state index in [-0.39, 0.29) is 12.3 Å². The number of rotatable bonds is 2. The molecule has 3 amide bonds. The van der Waals surface area contributed by atoms with Crippen molar-refractivity contribution in [2.24, 2.45) is 0 Å². The zero-order valence-corrected chi connectivity index (χ0v) is 9.79. The second-order valence-corrected chi connectivity index (χ2v) is 4.22. The van der Waals surface area contributed by atoms with E-state index in [1.54, 1.807) is 18.2 Å². The summed E-state index contributed by atoms with van der Waals surface area (Å²) in [5, 5.41) is 4.48. The van der Waals surface area contributed by atoms with Crippen molar-refractivity contribution in [1.29, 1.82) is 0 Å². The van der Waals surface area contributed by atoms with Crippen LogP contribution in [0.25, 0.3) is 11.0 Å². The number of hydrogen-bond acceptors (Lipinski definition) is 4. The van der Waals surface area contributed by atoms with Crippen LogP contribution in [-0.4, -0.2) is 33.4 Å². The van der Waals surface area contributed by atoms with Gasteiger partial charge in [0.25, 0.3) is 5.91 Å². The Morgan fingerprint density at radius 2 is 2.11 bits per heavy atom. The maximum Gasteiger partial charge on any atom is 0.322 e. The smallest absolute Gasteiger partial charge is 0.322 e. The van der Waals surface area contributed by atoms with Crippen LogP contribution in [0.15, 0.2) is 30.6 Å². The van der Waals surface area contributed by atoms with Crippen LogP contribution in [0.3, 0.4) is 0 Å². The Kier molecular flexibility index (Phi) is 2.52. The van der Waals surface area contributed by atoms with Crippen molar-refractivity contribution in [1.82, 2.24) is 20.2 Å². The molecular weight excluding hydrogens is 248 g/mol. The van der Waals surface area contributed by atoms with Crippen molar-refractivity contribution >= 4 is 28.9 Å². The van der Waals surface area contributed by atoms with E-state index < -0.39 is 18.0 Å². The Bertz CT molecular complexity index is 691. The summed E-state index contributed by atoms with van der Waals surface area (Å²) in [6.07, 6.45) is 1.32. The summed E-state index contributed by atoms with van der Waals surface area (Å²) in [6, 6.07) is 5.81. The fourth-order valence-electron chi connectivity index (χ4n) is 2.03. The molecule has 1 aliphatic heterocycles. The molecule has 1 fully saturated rings. The first-order valence-electron chi connectivity index (χ1n) is 5.72. The van der Waals surface area contributed by atoms with Crippen LogP contribution < -0.4 is 10.6 Å². The zero-order chi connectivity index (χ0) is 13.4. The molecule has 1 aromatic heterocycles. The summed E-state index contributed by atoms with van der Waals surface area (Å²) in [6.45, 7) is 0. The quantitative estimate of drug-likeness (QED) is 0.756. The van der Waals surface area contributed by atoms with Gasteiger partial charge in [-0.25, -0.2) is 9.78 Å². The Morgan fingerprint density at radius 3 is 2.84 bits per heavy atom. The number of para-hydroxylation sites is 2. The van der Waals surface area contributed by atoms with E-state index >= 15 is 0 Å². The Labute approximate surface area is 107 Å². The van der Waals surface area contributed by atoms with Gasteiger partial charge in [0, 0.05) is 0 Å². The molecule has 0 aliphatic carbocycles. The zero-order valence-electron chi connectivity index (χ0n) is 9.79. The molecule has 1 aromatic carbocycles. The summed E-state index contributed by atoms with van der Waals surface area (Å²) >= 11 is 0. The molecule has 2 heterocycles. The normalized spacial score (nSPS) is 18.4. The van der Waals surface area contributed by atoms with Gasteiger partial charge in [-0.1, -0.05) is 12.1 Å². The maximum absolute atomic E-state index is 12.1. The third kappa shape index (κ3) is 1.95. The van der Waals surface area contributed by atoms with Crippen molar-refractivity contribution < 1.29 is 14.4 Å². The van der Waals surface area contributed by atoms with Gasteiger partial charge in [0.1, 0.15) is 12.4 Å². The number of imidazole rings is 1. The largest absolute Gasteiger partial charge is 0.325 e. The van der Waals surface area contributed by atoms with E-state index in [0.29, 0.717) is 11.0 Å². The topological polar surface area (TPSA) is 93.1 Å². The number of nitrogens with one attached hydrogen (secondary N) is 2. The molecule has 0 bridgehead atoms. The van der Waals surface area contributed by atoms with Gasteiger partial charge < -0.3 is 5.32 Å². The van der Waals surface area contributed by atoms with E-state index in [9.17, 15) is 14.4 Å². The first-order valence-corrected chi connectivity index (χ1v) is 5.72. The van der Waals surface area contributed by atoms with Crippen LogP contribution in [-0.2, 0) is 4.79 Å². The van der Waals surface area contributed by atoms with Gasteiger partial charge >= 0.3 is 6.03 Å². The first-order chi connectivity index (χ1) is 9.15. The number of amides is 3. The maximum atomic E-state index is 12.1. The number of imide groups is 1. The van der Waals surface area contributed by atoms with E-state index in [4.69, 9.17) is 0 Å². The molecule has 0 unspecified atom stereocenters. The van der Waals surface area contributed by atoms with Gasteiger partial charge in [0.15, 0.2) is 0 Å². The van der Waals surface area contributed by atoms with Crippen molar-refractivity contribution in [3.8, 4) is 0 Å². The fraction of sp³-hybridized carbons (Fsp3) is 0.167. The third-order valence-corrected chi connectivity index (χ3v) is 2.96. The van der Waals surface area contributed by atoms with Crippen molar-refractivity contribution in [2.75, 3.05) is 0 Å². The highest BCUT2D eigenvalue weighted by atomic mass is 16.2. The van der Waals surface area contributed by atoms with Crippen LogP contribution in [0.2, 0.25) is 0 Å². The van der Waals surface area contributed by atoms with E-state index in [1.165, 1.54) is 10.9 Å². The molecule has 0 saturated carbocycles. The standard InChI is InChI=1S/C12H10N4O3/c17-10(5-8-11(18)15-12(19)14-8)16-6-13-7-3-1-2-4-9(7)16/h1-4,6,8H,5H2,(H2,14,15,18,19)/t8-/m0/s1. The minimum atomic E-state index is -0.818. The van der Waals surface area contributed by atoms with Crippen molar-refractivity contribution in [3.05, 3.63) is 30.6 Å².